The highest BCUT2D eigenvalue weighted by atomic mass is 32.2. The first-order valence-electron chi connectivity index (χ1n) is 9.30. The molecule has 1 aliphatic carbocycles. The molecule has 1 aromatic heterocycles. The number of aryl methyl sites for hydroxylation is 1. The SMILES string of the molecule is CS(=O)(=O)c1cc(C=CC(=O)NC2CCc3ccccc32)ccc1-n1ccnc1. The number of benzene rings is 2. The molecule has 2 aromatic carbocycles. The zero-order chi connectivity index (χ0) is 20.4. The molecule has 1 aliphatic rings. The Morgan fingerprint density at radius 1 is 1.24 bits per heavy atom. The van der Waals surface area contributed by atoms with Crippen LogP contribution in [0.2, 0.25) is 0 Å². The van der Waals surface area contributed by atoms with E-state index in [1.165, 1.54) is 23.5 Å². The Kier molecular flexibility index (Phi) is 5.07. The van der Waals surface area contributed by atoms with E-state index in [1.54, 1.807) is 47.6 Å². The van der Waals surface area contributed by atoms with Crippen LogP contribution in [-0.4, -0.2) is 30.1 Å². The third-order valence-corrected chi connectivity index (χ3v) is 6.17. The van der Waals surface area contributed by atoms with Crippen LogP contribution in [0.15, 0.2) is 72.2 Å². The molecule has 1 N–H and O–H groups in total. The topological polar surface area (TPSA) is 81.1 Å². The van der Waals surface area contributed by atoms with E-state index in [4.69, 9.17) is 0 Å². The molecule has 7 heteroatoms. The van der Waals surface area contributed by atoms with E-state index < -0.39 is 9.84 Å². The summed E-state index contributed by atoms with van der Waals surface area (Å²) in [5.41, 5.74) is 3.60. The van der Waals surface area contributed by atoms with Gasteiger partial charge in [0.1, 0.15) is 0 Å². The second kappa shape index (κ2) is 7.67. The largest absolute Gasteiger partial charge is 0.346 e. The average molecular weight is 407 g/mol. The van der Waals surface area contributed by atoms with Gasteiger partial charge in [-0.15, -0.1) is 0 Å². The molecule has 1 unspecified atom stereocenters. The number of nitrogens with one attached hydrogen (secondary N) is 1. The molecule has 1 atom stereocenters. The molecule has 29 heavy (non-hydrogen) atoms. The fourth-order valence-corrected chi connectivity index (χ4v) is 4.55. The lowest BCUT2D eigenvalue weighted by Crippen LogP contribution is -2.25. The molecule has 0 saturated carbocycles. The lowest BCUT2D eigenvalue weighted by molar-refractivity contribution is -0.117. The number of nitrogens with zero attached hydrogens (tertiary/aromatic N) is 2. The van der Waals surface area contributed by atoms with Crippen LogP contribution >= 0.6 is 0 Å². The fourth-order valence-electron chi connectivity index (χ4n) is 3.65. The first-order chi connectivity index (χ1) is 13.9. The van der Waals surface area contributed by atoms with E-state index in [0.29, 0.717) is 11.3 Å². The summed E-state index contributed by atoms with van der Waals surface area (Å²) in [5.74, 6) is -0.203. The van der Waals surface area contributed by atoms with Gasteiger partial charge in [-0.3, -0.25) is 4.79 Å². The van der Waals surface area contributed by atoms with Crippen LogP contribution in [0.25, 0.3) is 11.8 Å². The third kappa shape index (κ3) is 4.14. The molecule has 0 radical (unpaired) electrons. The van der Waals surface area contributed by atoms with E-state index in [0.717, 1.165) is 12.8 Å². The van der Waals surface area contributed by atoms with Gasteiger partial charge < -0.3 is 9.88 Å². The normalized spacial score (nSPS) is 16.1. The van der Waals surface area contributed by atoms with E-state index in [9.17, 15) is 13.2 Å². The molecule has 148 valence electrons. The van der Waals surface area contributed by atoms with Crippen molar-refractivity contribution in [3.05, 3.63) is 84.0 Å². The lowest BCUT2D eigenvalue weighted by atomic mass is 10.1. The summed E-state index contributed by atoms with van der Waals surface area (Å²) < 4.78 is 26.1. The van der Waals surface area contributed by atoms with Gasteiger partial charge >= 0.3 is 0 Å². The lowest BCUT2D eigenvalue weighted by Gasteiger charge is -2.12. The van der Waals surface area contributed by atoms with Gasteiger partial charge in [0, 0.05) is 24.7 Å². The van der Waals surface area contributed by atoms with E-state index in [2.05, 4.69) is 16.4 Å². The van der Waals surface area contributed by atoms with E-state index in [1.807, 2.05) is 18.2 Å². The molecule has 0 fully saturated rings. The maximum absolute atomic E-state index is 12.4. The van der Waals surface area contributed by atoms with Gasteiger partial charge in [-0.05, 0) is 47.7 Å². The first-order valence-corrected chi connectivity index (χ1v) is 11.2. The minimum atomic E-state index is -3.46. The summed E-state index contributed by atoms with van der Waals surface area (Å²) in [7, 11) is -3.46. The molecule has 6 nitrogen and oxygen atoms in total. The highest BCUT2D eigenvalue weighted by Gasteiger charge is 2.22. The van der Waals surface area contributed by atoms with Crippen molar-refractivity contribution in [1.82, 2.24) is 14.9 Å². The number of carbonyl (C=O) groups is 1. The quantitative estimate of drug-likeness (QED) is 0.659. The van der Waals surface area contributed by atoms with Crippen molar-refractivity contribution in [3.8, 4) is 5.69 Å². The molecule has 3 aromatic rings. The second-order valence-corrected chi connectivity index (χ2v) is 9.09. The standard InChI is InChI=1S/C22H21N3O3S/c1-29(27,28)21-14-16(6-10-20(21)25-13-12-23-15-25)7-11-22(26)24-19-9-8-17-4-2-3-5-18(17)19/h2-7,10-15,19H,8-9H2,1H3,(H,24,26). The summed E-state index contributed by atoms with van der Waals surface area (Å²) in [4.78, 5) is 16.5. The molecule has 4 rings (SSSR count). The average Bonchev–Trinajstić information content (AvgIpc) is 3.36. The highest BCUT2D eigenvalue weighted by molar-refractivity contribution is 7.90. The first kappa shape index (κ1) is 19.1. The molecule has 1 heterocycles. The third-order valence-electron chi connectivity index (χ3n) is 5.04. The summed E-state index contributed by atoms with van der Waals surface area (Å²) in [6.07, 6.45) is 10.9. The number of hydrogen-bond donors (Lipinski definition) is 1. The molecule has 0 aliphatic heterocycles. The van der Waals surface area contributed by atoms with Gasteiger partial charge in [0.25, 0.3) is 0 Å². The summed E-state index contributed by atoms with van der Waals surface area (Å²) in [6.45, 7) is 0. The van der Waals surface area contributed by atoms with Gasteiger partial charge in [0.15, 0.2) is 9.84 Å². The molecule has 0 spiro atoms. The predicted molar refractivity (Wildman–Crippen MR) is 111 cm³/mol. The van der Waals surface area contributed by atoms with Crippen LogP contribution < -0.4 is 5.32 Å². The Balaban J connectivity index is 1.53. The van der Waals surface area contributed by atoms with Crippen molar-refractivity contribution in [2.45, 2.75) is 23.8 Å². The Labute approximate surface area is 169 Å². The molecule has 0 bridgehead atoms. The maximum Gasteiger partial charge on any atom is 0.244 e. The number of fused-ring (bicyclic) bond motifs is 1. The van der Waals surface area contributed by atoms with E-state index >= 15 is 0 Å². The zero-order valence-corrected chi connectivity index (χ0v) is 16.8. The van der Waals surface area contributed by atoms with Crippen LogP contribution in [0.5, 0.6) is 0 Å². The second-order valence-electron chi connectivity index (χ2n) is 7.10. The van der Waals surface area contributed by atoms with Crippen molar-refractivity contribution in [3.63, 3.8) is 0 Å². The maximum atomic E-state index is 12.4. The molecule has 0 saturated heterocycles. The minimum Gasteiger partial charge on any atom is -0.346 e. The highest BCUT2D eigenvalue weighted by Crippen LogP contribution is 2.30. The van der Waals surface area contributed by atoms with Crippen LogP contribution in [0, 0.1) is 0 Å². The number of carbonyl (C=O) groups excluding carboxylic acids is 1. The number of hydrogen-bond acceptors (Lipinski definition) is 4. The Morgan fingerprint density at radius 3 is 2.83 bits per heavy atom. The van der Waals surface area contributed by atoms with Crippen LogP contribution in [0.1, 0.15) is 29.2 Å². The Morgan fingerprint density at radius 2 is 2.07 bits per heavy atom. The van der Waals surface area contributed by atoms with Crippen molar-refractivity contribution < 1.29 is 13.2 Å². The summed E-state index contributed by atoms with van der Waals surface area (Å²) in [5, 5.41) is 3.03. The van der Waals surface area contributed by atoms with Gasteiger partial charge in [0.2, 0.25) is 5.91 Å². The number of sulfone groups is 1. The Hall–Kier alpha value is -3.19. The van der Waals surface area contributed by atoms with Crippen molar-refractivity contribution in [1.29, 1.82) is 0 Å². The van der Waals surface area contributed by atoms with E-state index in [-0.39, 0.29) is 16.8 Å². The minimum absolute atomic E-state index is 0.0125. The van der Waals surface area contributed by atoms with Crippen molar-refractivity contribution in [2.24, 2.45) is 0 Å². The van der Waals surface area contributed by atoms with Crippen LogP contribution in [0.3, 0.4) is 0 Å². The van der Waals surface area contributed by atoms with Crippen LogP contribution in [-0.2, 0) is 21.1 Å². The van der Waals surface area contributed by atoms with Gasteiger partial charge in [-0.25, -0.2) is 13.4 Å². The number of rotatable bonds is 5. The molecule has 1 amide bonds. The van der Waals surface area contributed by atoms with Gasteiger partial charge in [-0.2, -0.15) is 0 Å². The monoisotopic (exact) mass is 407 g/mol. The summed E-state index contributed by atoms with van der Waals surface area (Å²) >= 11 is 0. The number of imidazole rings is 1. The number of amides is 1. The van der Waals surface area contributed by atoms with Crippen molar-refractivity contribution in [2.75, 3.05) is 6.26 Å². The Bertz CT molecular complexity index is 1180. The van der Waals surface area contributed by atoms with Gasteiger partial charge in [-0.1, -0.05) is 30.3 Å². The molecular weight excluding hydrogens is 386 g/mol. The van der Waals surface area contributed by atoms with Gasteiger partial charge in [0.05, 0.1) is 23.0 Å². The van der Waals surface area contributed by atoms with Crippen molar-refractivity contribution >= 4 is 21.8 Å². The smallest absolute Gasteiger partial charge is 0.244 e. The predicted octanol–water partition coefficient (Wildman–Crippen LogP) is 3.09. The summed E-state index contributed by atoms with van der Waals surface area (Å²) in [6, 6.07) is 13.2. The number of aromatic nitrogens is 2. The fraction of sp³-hybridized carbons (Fsp3) is 0.182. The van der Waals surface area contributed by atoms with Crippen LogP contribution in [0.4, 0.5) is 0 Å². The molecular formula is C22H21N3O3S. The zero-order valence-electron chi connectivity index (χ0n) is 15.9.